The smallest absolute Gasteiger partial charge is 0.417 e. The van der Waals surface area contributed by atoms with Crippen molar-refractivity contribution in [3.63, 3.8) is 0 Å². The van der Waals surface area contributed by atoms with Gasteiger partial charge in [-0.1, -0.05) is 18.2 Å². The molecule has 258 valence electrons. The second-order valence-electron chi connectivity index (χ2n) is 11.3. The normalized spacial score (nSPS) is 18.6. The highest BCUT2D eigenvalue weighted by molar-refractivity contribution is 7.91. The highest BCUT2D eigenvalue weighted by Gasteiger charge is 2.43. The van der Waals surface area contributed by atoms with Crippen molar-refractivity contribution in [1.29, 1.82) is 0 Å². The average Bonchev–Trinajstić information content (AvgIpc) is 3.56. The van der Waals surface area contributed by atoms with Gasteiger partial charge in [-0.25, -0.2) is 34.8 Å². The maximum Gasteiger partial charge on any atom is 0.417 e. The lowest BCUT2D eigenvalue weighted by atomic mass is 10.0. The zero-order valence-corrected chi connectivity index (χ0v) is 27.4. The van der Waals surface area contributed by atoms with Crippen molar-refractivity contribution in [2.24, 2.45) is 0 Å². The fourth-order valence-corrected chi connectivity index (χ4v) is 10.3. The quantitative estimate of drug-likeness (QED) is 0.335. The Kier molecular flexibility index (Phi) is 9.77. The van der Waals surface area contributed by atoms with Crippen LogP contribution in [0.1, 0.15) is 41.6 Å². The molecule has 5 rings (SSSR count). The van der Waals surface area contributed by atoms with Crippen molar-refractivity contribution in [3.05, 3.63) is 83.9 Å². The van der Waals surface area contributed by atoms with Crippen molar-refractivity contribution in [3.8, 4) is 0 Å². The minimum absolute atomic E-state index is 0.00948. The van der Waals surface area contributed by atoms with Gasteiger partial charge in [0.25, 0.3) is 0 Å². The largest absolute Gasteiger partial charge is 0.478 e. The van der Waals surface area contributed by atoms with E-state index in [0.717, 1.165) is 28.6 Å². The van der Waals surface area contributed by atoms with Gasteiger partial charge in [0.15, 0.2) is 0 Å². The van der Waals surface area contributed by atoms with Crippen LogP contribution in [0.2, 0.25) is 0 Å². The molecule has 1 atom stereocenters. The highest BCUT2D eigenvalue weighted by Crippen LogP contribution is 2.37. The van der Waals surface area contributed by atoms with Gasteiger partial charge in [0.2, 0.25) is 35.8 Å². The van der Waals surface area contributed by atoms with E-state index < -0.39 is 75.4 Å². The summed E-state index contributed by atoms with van der Waals surface area (Å²) in [6, 6.07) is 11.0. The second-order valence-corrected chi connectivity index (χ2v) is 16.8. The minimum atomic E-state index is -5.12. The summed E-state index contributed by atoms with van der Waals surface area (Å²) in [7, 11) is -13.4. The standard InChI is InChI=1S/C30H30F3N3O9S3/c31-30(32,33)25-13-12-24(46(40,41)22-5-2-1-3-6-22)19-27(25)47(42,43)34-21-14-17-35(18-15-21)28(37)26-7-4-16-36(26)48(44,45)23-10-8-20(9-11-23)29(38)39/h1-3,5-6,8-13,19,21,26,34H,4,7,14-18H2,(H,38,39)/t26-/m0/s1. The molecule has 0 spiro atoms. The number of amides is 1. The van der Waals surface area contributed by atoms with Crippen LogP contribution in [0.5, 0.6) is 0 Å². The number of halogens is 3. The van der Waals surface area contributed by atoms with E-state index in [1.807, 2.05) is 0 Å². The molecule has 2 N–H and O–H groups in total. The Balaban J connectivity index is 1.30. The van der Waals surface area contributed by atoms with Gasteiger partial charge >= 0.3 is 12.1 Å². The van der Waals surface area contributed by atoms with Gasteiger partial charge in [-0.3, -0.25) is 4.79 Å². The number of nitrogens with zero attached hydrogens (tertiary/aromatic N) is 2. The van der Waals surface area contributed by atoms with Crippen LogP contribution in [-0.4, -0.2) is 83.2 Å². The van der Waals surface area contributed by atoms with Gasteiger partial charge in [0, 0.05) is 25.7 Å². The molecule has 2 saturated heterocycles. The average molecular weight is 730 g/mol. The molecule has 0 saturated carbocycles. The lowest BCUT2D eigenvalue weighted by molar-refractivity contribution is -0.140. The molecule has 2 fully saturated rings. The fourth-order valence-electron chi connectivity index (χ4n) is 5.75. The first kappa shape index (κ1) is 35.5. The summed E-state index contributed by atoms with van der Waals surface area (Å²) >= 11 is 0. The van der Waals surface area contributed by atoms with Crippen molar-refractivity contribution in [1.82, 2.24) is 13.9 Å². The Morgan fingerprint density at radius 3 is 1.96 bits per heavy atom. The van der Waals surface area contributed by atoms with E-state index in [0.29, 0.717) is 24.6 Å². The number of piperidine rings is 1. The topological polar surface area (TPSA) is 175 Å². The number of hydrogen-bond donors (Lipinski definition) is 2. The number of likely N-dealkylation sites (tertiary alicyclic amines) is 1. The van der Waals surface area contributed by atoms with Crippen LogP contribution in [0, 0.1) is 0 Å². The number of carbonyl (C=O) groups is 2. The molecule has 2 aliphatic rings. The molecule has 18 heteroatoms. The summed E-state index contributed by atoms with van der Waals surface area (Å²) in [5.74, 6) is -1.75. The number of carboxylic acid groups (broad SMARTS) is 1. The number of sulfone groups is 1. The third-order valence-electron chi connectivity index (χ3n) is 8.24. The first-order valence-electron chi connectivity index (χ1n) is 14.6. The van der Waals surface area contributed by atoms with Crippen molar-refractivity contribution < 1.29 is 53.1 Å². The Hall–Kier alpha value is -3.84. The van der Waals surface area contributed by atoms with E-state index >= 15 is 0 Å². The van der Waals surface area contributed by atoms with Gasteiger partial charge in [-0.05, 0) is 80.3 Å². The molecular weight excluding hydrogens is 700 g/mol. The van der Waals surface area contributed by atoms with Crippen molar-refractivity contribution in [2.75, 3.05) is 19.6 Å². The Morgan fingerprint density at radius 1 is 0.771 bits per heavy atom. The molecule has 3 aromatic rings. The Bertz CT molecular complexity index is 2030. The van der Waals surface area contributed by atoms with Crippen molar-refractivity contribution >= 4 is 41.8 Å². The zero-order valence-electron chi connectivity index (χ0n) is 25.0. The number of alkyl halides is 3. The SMILES string of the molecule is O=C(O)c1ccc(S(=O)(=O)N2CCC[C@H]2C(=O)N2CCC(NS(=O)(=O)c3cc(S(=O)(=O)c4ccccc4)ccc3C(F)(F)F)CC2)cc1. The van der Waals surface area contributed by atoms with Gasteiger partial charge in [0.05, 0.1) is 30.7 Å². The zero-order chi connectivity index (χ0) is 35.1. The van der Waals surface area contributed by atoms with E-state index in [4.69, 9.17) is 5.11 Å². The van der Waals surface area contributed by atoms with Gasteiger partial charge in [0.1, 0.15) is 6.04 Å². The summed E-state index contributed by atoms with van der Waals surface area (Å²) in [6.07, 6.45) is -4.53. The molecule has 3 aromatic carbocycles. The van der Waals surface area contributed by atoms with Crippen LogP contribution in [0.15, 0.2) is 92.4 Å². The summed E-state index contributed by atoms with van der Waals surface area (Å²) in [5, 5.41) is 9.10. The third-order valence-corrected chi connectivity index (χ3v) is 13.5. The van der Waals surface area contributed by atoms with E-state index in [2.05, 4.69) is 4.72 Å². The highest BCUT2D eigenvalue weighted by atomic mass is 32.2. The number of carbonyl (C=O) groups excluding carboxylic acids is 1. The van der Waals surface area contributed by atoms with Gasteiger partial charge < -0.3 is 10.0 Å². The van der Waals surface area contributed by atoms with Crippen LogP contribution in [0.25, 0.3) is 0 Å². The monoisotopic (exact) mass is 729 g/mol. The summed E-state index contributed by atoms with van der Waals surface area (Å²) < 4.78 is 125. The molecule has 12 nitrogen and oxygen atoms in total. The Morgan fingerprint density at radius 2 is 1.38 bits per heavy atom. The number of aromatic carboxylic acids is 1. The van der Waals surface area contributed by atoms with E-state index in [1.54, 1.807) is 6.07 Å². The van der Waals surface area contributed by atoms with E-state index in [1.165, 1.54) is 29.2 Å². The number of rotatable bonds is 9. The predicted molar refractivity (Wildman–Crippen MR) is 164 cm³/mol. The maximum absolute atomic E-state index is 13.9. The van der Waals surface area contributed by atoms with E-state index in [9.17, 15) is 48.0 Å². The lowest BCUT2D eigenvalue weighted by Crippen LogP contribution is -2.52. The summed E-state index contributed by atoms with van der Waals surface area (Å²) in [5.41, 5.74) is -1.66. The second kappa shape index (κ2) is 13.2. The molecular formula is C30H30F3N3O9S3. The summed E-state index contributed by atoms with van der Waals surface area (Å²) in [6.45, 7) is -0.00712. The third kappa shape index (κ3) is 7.12. The van der Waals surface area contributed by atoms with Gasteiger partial charge in [-0.15, -0.1) is 0 Å². The predicted octanol–water partition coefficient (Wildman–Crippen LogP) is 3.36. The molecule has 0 aliphatic carbocycles. The van der Waals surface area contributed by atoms with Crippen LogP contribution in [0.3, 0.4) is 0 Å². The molecule has 1 amide bonds. The first-order valence-corrected chi connectivity index (χ1v) is 19.0. The number of benzene rings is 3. The van der Waals surface area contributed by atoms with Crippen LogP contribution in [-0.2, 0) is 40.9 Å². The molecule has 48 heavy (non-hydrogen) atoms. The van der Waals surface area contributed by atoms with Crippen LogP contribution >= 0.6 is 0 Å². The molecule has 0 aromatic heterocycles. The lowest BCUT2D eigenvalue weighted by Gasteiger charge is -2.35. The maximum atomic E-state index is 13.9. The minimum Gasteiger partial charge on any atom is -0.478 e. The van der Waals surface area contributed by atoms with E-state index in [-0.39, 0.29) is 54.3 Å². The molecule has 0 unspecified atom stereocenters. The van der Waals surface area contributed by atoms with Crippen LogP contribution in [0.4, 0.5) is 13.2 Å². The molecule has 2 aliphatic heterocycles. The van der Waals surface area contributed by atoms with Crippen LogP contribution < -0.4 is 4.72 Å². The number of sulfonamides is 2. The molecule has 2 heterocycles. The molecule has 0 radical (unpaired) electrons. The van der Waals surface area contributed by atoms with Crippen molar-refractivity contribution in [2.45, 2.75) is 63.5 Å². The number of hydrogen-bond acceptors (Lipinski definition) is 8. The first-order chi connectivity index (χ1) is 22.4. The number of carboxylic acids is 1. The number of nitrogens with one attached hydrogen (secondary N) is 1. The van der Waals surface area contributed by atoms with Gasteiger partial charge in [-0.2, -0.15) is 17.5 Å². The Labute approximate surface area is 275 Å². The molecule has 0 bridgehead atoms. The fraction of sp³-hybridized carbons (Fsp3) is 0.333. The summed E-state index contributed by atoms with van der Waals surface area (Å²) in [4.78, 5) is 23.7.